The second kappa shape index (κ2) is 11.2. The van der Waals surface area contributed by atoms with Gasteiger partial charge in [0, 0.05) is 28.7 Å². The van der Waals surface area contributed by atoms with Crippen molar-refractivity contribution < 1.29 is 19.5 Å². The Morgan fingerprint density at radius 1 is 1.05 bits per heavy atom. The van der Waals surface area contributed by atoms with Gasteiger partial charge >= 0.3 is 5.97 Å². The molecule has 1 aliphatic carbocycles. The van der Waals surface area contributed by atoms with Crippen molar-refractivity contribution in [3.63, 3.8) is 0 Å². The van der Waals surface area contributed by atoms with Gasteiger partial charge in [-0.25, -0.2) is 9.78 Å². The summed E-state index contributed by atoms with van der Waals surface area (Å²) in [5.74, 6) is -0.868. The zero-order chi connectivity index (χ0) is 26.7. The molecule has 2 heterocycles. The first-order valence-electron chi connectivity index (χ1n) is 12.5. The molecule has 0 saturated heterocycles. The second-order valence-corrected chi connectivity index (χ2v) is 11.0. The van der Waals surface area contributed by atoms with E-state index in [9.17, 15) is 19.5 Å². The van der Waals surface area contributed by atoms with E-state index >= 15 is 0 Å². The zero-order valence-corrected chi connectivity index (χ0v) is 22.3. The maximum atomic E-state index is 13.5. The van der Waals surface area contributed by atoms with Crippen molar-refractivity contribution in [2.24, 2.45) is 11.8 Å². The minimum Gasteiger partial charge on any atom is -0.477 e. The highest BCUT2D eigenvalue weighted by Gasteiger charge is 2.33. The number of carbonyl (C=O) groups is 3. The van der Waals surface area contributed by atoms with Crippen molar-refractivity contribution in [2.45, 2.75) is 59.4 Å². The number of nitrogens with zero attached hydrogens (tertiary/aromatic N) is 3. The molecular weight excluding hydrogens is 488 g/mol. The van der Waals surface area contributed by atoms with Gasteiger partial charge in [0.1, 0.15) is 10.6 Å². The van der Waals surface area contributed by atoms with Crippen molar-refractivity contribution in [1.82, 2.24) is 9.97 Å². The Bertz CT molecular complexity index is 1280. The Kier molecular flexibility index (Phi) is 8.02. The molecule has 2 N–H and O–H groups in total. The third-order valence-electron chi connectivity index (χ3n) is 6.73. The van der Waals surface area contributed by atoms with E-state index in [-0.39, 0.29) is 34.3 Å². The van der Waals surface area contributed by atoms with Crippen molar-refractivity contribution in [3.05, 3.63) is 59.0 Å². The fourth-order valence-corrected chi connectivity index (χ4v) is 5.63. The summed E-state index contributed by atoms with van der Waals surface area (Å²) in [5.41, 5.74) is 2.77. The van der Waals surface area contributed by atoms with Gasteiger partial charge < -0.3 is 15.3 Å². The normalized spacial score (nSPS) is 17.4. The van der Waals surface area contributed by atoms with Crippen LogP contribution in [0.1, 0.15) is 72.3 Å². The SMILES string of the molecule is Cc1cnc(C(=O)Nc2ccc(-c3cc(N(C(=O)[C@H]4CC[C@H](C)CC4)C(C)C)c(C(=O)O)s3)cc2)cn1. The Morgan fingerprint density at radius 3 is 2.30 bits per heavy atom. The lowest BCUT2D eigenvalue weighted by Gasteiger charge is -2.33. The number of aryl methyl sites for hydroxylation is 1. The summed E-state index contributed by atoms with van der Waals surface area (Å²) >= 11 is 1.15. The average molecular weight is 521 g/mol. The molecule has 0 atom stereocenters. The van der Waals surface area contributed by atoms with E-state index in [1.807, 2.05) is 26.0 Å². The van der Waals surface area contributed by atoms with Crippen molar-refractivity contribution in [2.75, 3.05) is 10.2 Å². The Labute approximate surface area is 220 Å². The van der Waals surface area contributed by atoms with Crippen LogP contribution in [-0.2, 0) is 4.79 Å². The number of thiophene rings is 1. The van der Waals surface area contributed by atoms with Crippen LogP contribution in [0.2, 0.25) is 0 Å². The predicted molar refractivity (Wildman–Crippen MR) is 145 cm³/mol. The molecule has 0 bridgehead atoms. The number of carbonyl (C=O) groups excluding carboxylic acids is 2. The smallest absolute Gasteiger partial charge is 0.348 e. The van der Waals surface area contributed by atoms with Gasteiger partial charge in [-0.3, -0.25) is 14.6 Å². The van der Waals surface area contributed by atoms with Gasteiger partial charge in [-0.05, 0) is 76.1 Å². The molecule has 1 aliphatic rings. The predicted octanol–water partition coefficient (Wildman–Crippen LogP) is 6.03. The number of amides is 2. The fourth-order valence-electron chi connectivity index (χ4n) is 4.63. The first-order chi connectivity index (χ1) is 17.6. The summed E-state index contributed by atoms with van der Waals surface area (Å²) in [6, 6.07) is 8.78. The molecule has 194 valence electrons. The van der Waals surface area contributed by atoms with Gasteiger partial charge in [0.2, 0.25) is 5.91 Å². The molecule has 1 saturated carbocycles. The van der Waals surface area contributed by atoms with Gasteiger partial charge in [0.25, 0.3) is 5.91 Å². The van der Waals surface area contributed by atoms with Gasteiger partial charge in [0.05, 0.1) is 17.6 Å². The monoisotopic (exact) mass is 520 g/mol. The molecule has 2 amide bonds. The Hall–Kier alpha value is -3.59. The highest BCUT2D eigenvalue weighted by molar-refractivity contribution is 7.18. The fraction of sp³-hybridized carbons (Fsp3) is 0.393. The summed E-state index contributed by atoms with van der Waals surface area (Å²) in [7, 11) is 0. The van der Waals surface area contributed by atoms with Gasteiger partial charge in [-0.2, -0.15) is 0 Å². The van der Waals surface area contributed by atoms with Crippen LogP contribution in [0.3, 0.4) is 0 Å². The highest BCUT2D eigenvalue weighted by Crippen LogP contribution is 2.40. The minimum absolute atomic E-state index is 0.00557. The van der Waals surface area contributed by atoms with E-state index in [0.29, 0.717) is 17.3 Å². The number of aromatic carboxylic acids is 1. The molecular formula is C28H32N4O4S. The largest absolute Gasteiger partial charge is 0.477 e. The summed E-state index contributed by atoms with van der Waals surface area (Å²) in [6.45, 7) is 7.85. The standard InChI is InChI=1S/C28H32N4O4S/c1-16(2)32(27(34)20-7-5-17(3)6-8-20)23-13-24(37-25(23)28(35)36)19-9-11-21(12-10-19)31-26(33)22-15-29-18(4)14-30-22/h9-17,20H,5-8H2,1-4H3,(H,31,33)(H,35,36)/t17-,20-. The lowest BCUT2D eigenvalue weighted by atomic mass is 9.82. The lowest BCUT2D eigenvalue weighted by molar-refractivity contribution is -0.123. The third-order valence-corrected chi connectivity index (χ3v) is 7.89. The molecule has 4 rings (SSSR count). The van der Waals surface area contributed by atoms with E-state index < -0.39 is 5.97 Å². The molecule has 1 fully saturated rings. The van der Waals surface area contributed by atoms with Gasteiger partial charge in [-0.1, -0.05) is 19.1 Å². The molecule has 37 heavy (non-hydrogen) atoms. The Balaban J connectivity index is 1.57. The first kappa shape index (κ1) is 26.5. The summed E-state index contributed by atoms with van der Waals surface area (Å²) in [4.78, 5) is 48.9. The van der Waals surface area contributed by atoms with E-state index in [0.717, 1.165) is 53.2 Å². The number of carboxylic acid groups (broad SMARTS) is 1. The van der Waals surface area contributed by atoms with Crippen LogP contribution in [0.25, 0.3) is 10.4 Å². The molecule has 0 radical (unpaired) electrons. The van der Waals surface area contributed by atoms with Crippen LogP contribution < -0.4 is 10.2 Å². The van der Waals surface area contributed by atoms with Crippen molar-refractivity contribution in [1.29, 1.82) is 0 Å². The molecule has 1 aromatic carbocycles. The number of nitrogens with one attached hydrogen (secondary N) is 1. The van der Waals surface area contributed by atoms with E-state index in [1.165, 1.54) is 12.4 Å². The van der Waals surface area contributed by atoms with E-state index in [4.69, 9.17) is 0 Å². The van der Waals surface area contributed by atoms with Crippen LogP contribution in [0, 0.1) is 18.8 Å². The topological polar surface area (TPSA) is 112 Å². The van der Waals surface area contributed by atoms with Crippen molar-refractivity contribution in [3.8, 4) is 10.4 Å². The number of hydrogen-bond donors (Lipinski definition) is 2. The summed E-state index contributed by atoms with van der Waals surface area (Å²) in [6.07, 6.45) is 6.67. The van der Waals surface area contributed by atoms with E-state index in [1.54, 1.807) is 30.0 Å². The maximum Gasteiger partial charge on any atom is 0.348 e. The lowest BCUT2D eigenvalue weighted by Crippen LogP contribution is -2.42. The maximum absolute atomic E-state index is 13.5. The van der Waals surface area contributed by atoms with Crippen LogP contribution in [-0.4, -0.2) is 38.9 Å². The quantitative estimate of drug-likeness (QED) is 0.393. The number of carboxylic acids is 1. The second-order valence-electron chi connectivity index (χ2n) is 9.96. The number of benzene rings is 1. The highest BCUT2D eigenvalue weighted by atomic mass is 32.1. The molecule has 0 spiro atoms. The molecule has 2 aromatic heterocycles. The number of hydrogen-bond acceptors (Lipinski definition) is 6. The molecule has 8 nitrogen and oxygen atoms in total. The van der Waals surface area contributed by atoms with Crippen LogP contribution >= 0.6 is 11.3 Å². The number of aromatic nitrogens is 2. The summed E-state index contributed by atoms with van der Waals surface area (Å²) in [5, 5.41) is 12.8. The third kappa shape index (κ3) is 6.05. The number of anilines is 2. The molecule has 9 heteroatoms. The van der Waals surface area contributed by atoms with E-state index in [2.05, 4.69) is 22.2 Å². The van der Waals surface area contributed by atoms with Crippen LogP contribution in [0.4, 0.5) is 11.4 Å². The first-order valence-corrected chi connectivity index (χ1v) is 13.4. The van der Waals surface area contributed by atoms with Gasteiger partial charge in [0.15, 0.2) is 0 Å². The molecule has 0 unspecified atom stereocenters. The average Bonchev–Trinajstić information content (AvgIpc) is 3.30. The Morgan fingerprint density at radius 2 is 1.73 bits per heavy atom. The van der Waals surface area contributed by atoms with Crippen molar-refractivity contribution >= 4 is 40.5 Å². The number of rotatable bonds is 7. The minimum atomic E-state index is -1.05. The summed E-state index contributed by atoms with van der Waals surface area (Å²) < 4.78 is 0. The van der Waals surface area contributed by atoms with Crippen LogP contribution in [0.5, 0.6) is 0 Å². The molecule has 0 aliphatic heterocycles. The zero-order valence-electron chi connectivity index (χ0n) is 21.5. The molecule has 3 aromatic rings. The van der Waals surface area contributed by atoms with Crippen LogP contribution in [0.15, 0.2) is 42.7 Å². The van der Waals surface area contributed by atoms with Gasteiger partial charge in [-0.15, -0.1) is 11.3 Å².